The number of hydrogen-bond donors (Lipinski definition) is 0. The quantitative estimate of drug-likeness (QED) is 0.604. The van der Waals surface area contributed by atoms with Crippen LogP contribution >= 0.6 is 0 Å². The lowest BCUT2D eigenvalue weighted by Gasteiger charge is -2.23. The Kier molecular flexibility index (Phi) is 4.57. The van der Waals surface area contributed by atoms with Gasteiger partial charge in [0.25, 0.3) is 0 Å². The maximum Gasteiger partial charge on any atom is 0.170 e. The van der Waals surface area contributed by atoms with Gasteiger partial charge >= 0.3 is 0 Å². The van der Waals surface area contributed by atoms with Crippen LogP contribution in [-0.2, 0) is 0 Å². The molecule has 0 amide bonds. The first-order valence-corrected chi connectivity index (χ1v) is 9.18. The van der Waals surface area contributed by atoms with Crippen LogP contribution < -0.4 is 4.90 Å². The third kappa shape index (κ3) is 3.15. The molecule has 0 saturated heterocycles. The molecule has 0 saturated carbocycles. The van der Waals surface area contributed by atoms with Gasteiger partial charge in [0.2, 0.25) is 0 Å². The minimum absolute atomic E-state index is 0.122. The molecule has 2 unspecified atom stereocenters. The van der Waals surface area contributed by atoms with Crippen molar-refractivity contribution in [2.24, 2.45) is 0 Å². The summed E-state index contributed by atoms with van der Waals surface area (Å²) < 4.78 is 0. The number of hydrogen-bond acceptors (Lipinski definition) is 2. The lowest BCUT2D eigenvalue weighted by molar-refractivity contribution is 0.0953. The molecule has 2 heteroatoms. The molecule has 2 atom stereocenters. The zero-order chi connectivity index (χ0) is 17.9. The molecule has 0 aliphatic carbocycles. The summed E-state index contributed by atoms with van der Waals surface area (Å²) in [6, 6.07) is 28.6. The highest BCUT2D eigenvalue weighted by molar-refractivity contribution is 6.02. The Morgan fingerprint density at radius 1 is 0.846 bits per heavy atom. The first-order valence-electron chi connectivity index (χ1n) is 9.18. The van der Waals surface area contributed by atoms with Gasteiger partial charge in [-0.05, 0) is 23.6 Å². The van der Waals surface area contributed by atoms with Crippen molar-refractivity contribution in [3.05, 3.63) is 102 Å². The van der Waals surface area contributed by atoms with Gasteiger partial charge in [0.05, 0.1) is 5.92 Å². The molecule has 130 valence electrons. The molecule has 26 heavy (non-hydrogen) atoms. The fourth-order valence-corrected chi connectivity index (χ4v) is 4.06. The molecule has 0 fully saturated rings. The molecule has 1 aliphatic rings. The number of anilines is 1. The lowest BCUT2D eigenvalue weighted by Crippen LogP contribution is -2.23. The van der Waals surface area contributed by atoms with Crippen molar-refractivity contribution in [2.45, 2.75) is 18.3 Å². The van der Waals surface area contributed by atoms with Gasteiger partial charge in [0.15, 0.2) is 5.78 Å². The summed E-state index contributed by atoms with van der Waals surface area (Å²) in [6.07, 6.45) is 0.832. The summed E-state index contributed by atoms with van der Waals surface area (Å²) in [7, 11) is 2.13. The average Bonchev–Trinajstić information content (AvgIpc) is 2.86. The summed E-state index contributed by atoms with van der Waals surface area (Å²) >= 11 is 0. The van der Waals surface area contributed by atoms with Gasteiger partial charge in [-0.1, -0.05) is 78.9 Å². The molecule has 3 aromatic carbocycles. The van der Waals surface area contributed by atoms with Crippen LogP contribution in [-0.4, -0.2) is 19.4 Å². The molecule has 2 nitrogen and oxygen atoms in total. The smallest absolute Gasteiger partial charge is 0.170 e. The summed E-state index contributed by atoms with van der Waals surface area (Å²) in [5, 5.41) is 0. The van der Waals surface area contributed by atoms with E-state index < -0.39 is 0 Å². The van der Waals surface area contributed by atoms with Crippen LogP contribution in [0.5, 0.6) is 0 Å². The Hall–Kier alpha value is -2.87. The SMILES string of the molecule is CN1CC(c2ccccc2)CC(C(=O)c2ccccc2)c2ccccc21. The maximum atomic E-state index is 13.4. The highest BCUT2D eigenvalue weighted by Crippen LogP contribution is 2.40. The zero-order valence-corrected chi connectivity index (χ0v) is 15.0. The Morgan fingerprint density at radius 3 is 2.19 bits per heavy atom. The van der Waals surface area contributed by atoms with E-state index in [1.807, 2.05) is 42.5 Å². The van der Waals surface area contributed by atoms with E-state index in [9.17, 15) is 4.79 Å². The molecule has 0 bridgehead atoms. The van der Waals surface area contributed by atoms with E-state index >= 15 is 0 Å². The van der Waals surface area contributed by atoms with E-state index in [1.54, 1.807) is 0 Å². The number of fused-ring (bicyclic) bond motifs is 1. The molecule has 0 aromatic heterocycles. The van der Waals surface area contributed by atoms with Crippen molar-refractivity contribution in [1.82, 2.24) is 0 Å². The van der Waals surface area contributed by atoms with Gasteiger partial charge < -0.3 is 4.90 Å². The standard InChI is InChI=1S/C24H23NO/c1-25-17-20(18-10-4-2-5-11-18)16-22(21-14-8-9-15-23(21)25)24(26)19-12-6-3-7-13-19/h2-15,20,22H,16-17H2,1H3. The lowest BCUT2D eigenvalue weighted by atomic mass is 9.82. The number of rotatable bonds is 3. The van der Waals surface area contributed by atoms with Gasteiger partial charge in [-0.3, -0.25) is 4.79 Å². The number of likely N-dealkylation sites (N-methyl/N-ethyl adjacent to an activating group) is 1. The van der Waals surface area contributed by atoms with Crippen molar-refractivity contribution in [3.8, 4) is 0 Å². The second-order valence-corrected chi connectivity index (χ2v) is 7.07. The van der Waals surface area contributed by atoms with E-state index in [0.29, 0.717) is 5.92 Å². The van der Waals surface area contributed by atoms with Gasteiger partial charge in [-0.25, -0.2) is 0 Å². The largest absolute Gasteiger partial charge is 0.374 e. The number of carbonyl (C=O) groups is 1. The van der Waals surface area contributed by atoms with E-state index in [0.717, 1.165) is 24.1 Å². The second-order valence-electron chi connectivity index (χ2n) is 7.07. The monoisotopic (exact) mass is 341 g/mol. The van der Waals surface area contributed by atoms with Crippen molar-refractivity contribution >= 4 is 11.5 Å². The predicted molar refractivity (Wildman–Crippen MR) is 107 cm³/mol. The van der Waals surface area contributed by atoms with E-state index in [1.165, 1.54) is 11.3 Å². The summed E-state index contributed by atoms with van der Waals surface area (Å²) in [6.45, 7) is 0.916. The van der Waals surface area contributed by atoms with E-state index in [4.69, 9.17) is 0 Å². The fraction of sp³-hybridized carbons (Fsp3) is 0.208. The molecular weight excluding hydrogens is 318 g/mol. The number of ketones is 1. The molecule has 1 heterocycles. The molecule has 1 aliphatic heterocycles. The van der Waals surface area contributed by atoms with Crippen LogP contribution in [0, 0.1) is 0 Å². The van der Waals surface area contributed by atoms with Gasteiger partial charge in [-0.2, -0.15) is 0 Å². The second kappa shape index (κ2) is 7.17. The summed E-state index contributed by atoms with van der Waals surface area (Å²) in [4.78, 5) is 15.7. The van der Waals surface area contributed by atoms with Crippen LogP contribution in [0.25, 0.3) is 0 Å². The molecule has 0 spiro atoms. The van der Waals surface area contributed by atoms with Crippen LogP contribution in [0.4, 0.5) is 5.69 Å². The average molecular weight is 341 g/mol. The van der Waals surface area contributed by atoms with E-state index in [-0.39, 0.29) is 11.7 Å². The number of benzene rings is 3. The molecule has 0 N–H and O–H groups in total. The van der Waals surface area contributed by atoms with Gasteiger partial charge in [-0.15, -0.1) is 0 Å². The minimum atomic E-state index is -0.122. The first kappa shape index (κ1) is 16.6. The molecular formula is C24H23NO. The number of Topliss-reactive ketones (excluding diaryl/α,β-unsaturated/α-hetero) is 1. The Labute approximate surface area is 155 Å². The highest BCUT2D eigenvalue weighted by atomic mass is 16.1. The maximum absolute atomic E-state index is 13.4. The molecule has 0 radical (unpaired) electrons. The fourth-order valence-electron chi connectivity index (χ4n) is 4.06. The number of para-hydroxylation sites is 1. The zero-order valence-electron chi connectivity index (χ0n) is 15.0. The normalized spacial score (nSPS) is 19.5. The molecule has 3 aromatic rings. The van der Waals surface area contributed by atoms with Crippen molar-refractivity contribution < 1.29 is 4.79 Å². The minimum Gasteiger partial charge on any atom is -0.374 e. The Balaban J connectivity index is 1.78. The Morgan fingerprint density at radius 2 is 1.46 bits per heavy atom. The van der Waals surface area contributed by atoms with Crippen LogP contribution in [0.3, 0.4) is 0 Å². The van der Waals surface area contributed by atoms with Crippen LogP contribution in [0.2, 0.25) is 0 Å². The van der Waals surface area contributed by atoms with Crippen LogP contribution in [0.1, 0.15) is 39.7 Å². The van der Waals surface area contributed by atoms with Crippen molar-refractivity contribution in [2.75, 3.05) is 18.5 Å². The third-order valence-electron chi connectivity index (χ3n) is 5.38. The summed E-state index contributed by atoms with van der Waals surface area (Å²) in [5.41, 5.74) is 4.41. The number of nitrogens with zero attached hydrogens (tertiary/aromatic N) is 1. The first-order chi connectivity index (χ1) is 12.7. The summed E-state index contributed by atoms with van der Waals surface area (Å²) in [5.74, 6) is 0.421. The van der Waals surface area contributed by atoms with Crippen molar-refractivity contribution in [3.63, 3.8) is 0 Å². The highest BCUT2D eigenvalue weighted by Gasteiger charge is 2.32. The van der Waals surface area contributed by atoms with Gasteiger partial charge in [0, 0.05) is 30.8 Å². The predicted octanol–water partition coefficient (Wildman–Crippen LogP) is 5.28. The third-order valence-corrected chi connectivity index (χ3v) is 5.38. The van der Waals surface area contributed by atoms with Crippen molar-refractivity contribution in [1.29, 1.82) is 0 Å². The van der Waals surface area contributed by atoms with E-state index in [2.05, 4.69) is 54.4 Å². The van der Waals surface area contributed by atoms with Gasteiger partial charge in [0.1, 0.15) is 0 Å². The number of carbonyl (C=O) groups excluding carboxylic acids is 1. The molecule has 4 rings (SSSR count). The Bertz CT molecular complexity index is 888. The topological polar surface area (TPSA) is 20.3 Å². The van der Waals surface area contributed by atoms with Crippen LogP contribution in [0.15, 0.2) is 84.9 Å².